The fraction of sp³-hybridized carbons (Fsp3) is 0.267. The van der Waals surface area contributed by atoms with Crippen molar-refractivity contribution < 1.29 is 13.2 Å². The Morgan fingerprint density at radius 1 is 1.13 bits per heavy atom. The number of imidazole rings is 1. The van der Waals surface area contributed by atoms with E-state index < -0.39 is 16.1 Å². The van der Waals surface area contributed by atoms with Crippen LogP contribution in [0.1, 0.15) is 54.2 Å². The van der Waals surface area contributed by atoms with Crippen LogP contribution < -0.4 is 9.62 Å². The lowest BCUT2D eigenvalue weighted by atomic mass is 9.97. The molecule has 0 bridgehead atoms. The van der Waals surface area contributed by atoms with Crippen molar-refractivity contribution in [3.8, 4) is 0 Å². The van der Waals surface area contributed by atoms with Crippen LogP contribution >= 0.6 is 11.6 Å². The Hall–Kier alpha value is -3.46. The maximum Gasteiger partial charge on any atom is 0.241 e. The molecule has 1 aliphatic rings. The molecule has 4 aromatic rings. The number of carbonyl (C=O) groups excluding carboxylic acids is 1. The van der Waals surface area contributed by atoms with Gasteiger partial charge in [-0.1, -0.05) is 61.0 Å². The van der Waals surface area contributed by atoms with Crippen LogP contribution in [0.25, 0.3) is 0 Å². The number of anilines is 1. The molecule has 5 rings (SSSR count). The van der Waals surface area contributed by atoms with Crippen molar-refractivity contribution in [3.05, 3.63) is 113 Å². The topological polar surface area (TPSA) is 84.3 Å². The minimum Gasteiger partial charge on any atom is -0.337 e. The van der Waals surface area contributed by atoms with Gasteiger partial charge in [0.1, 0.15) is 5.82 Å². The Balaban J connectivity index is 1.44. The van der Waals surface area contributed by atoms with E-state index in [1.165, 1.54) is 12.1 Å². The van der Waals surface area contributed by atoms with Crippen LogP contribution in [0.5, 0.6) is 0 Å². The van der Waals surface area contributed by atoms with Gasteiger partial charge in [0, 0.05) is 42.6 Å². The van der Waals surface area contributed by atoms with Gasteiger partial charge in [-0.05, 0) is 65.8 Å². The largest absolute Gasteiger partial charge is 0.337 e. The maximum absolute atomic E-state index is 13.8. The van der Waals surface area contributed by atoms with Gasteiger partial charge in [0.25, 0.3) is 0 Å². The van der Waals surface area contributed by atoms with Crippen molar-refractivity contribution >= 4 is 33.2 Å². The van der Waals surface area contributed by atoms with Crippen LogP contribution in [0.4, 0.5) is 5.69 Å². The predicted molar refractivity (Wildman–Crippen MR) is 153 cm³/mol. The van der Waals surface area contributed by atoms with Gasteiger partial charge in [0.05, 0.1) is 11.4 Å². The van der Waals surface area contributed by atoms with Crippen LogP contribution in [0, 0.1) is 0 Å². The van der Waals surface area contributed by atoms with Crippen molar-refractivity contribution in [2.45, 2.75) is 49.6 Å². The smallest absolute Gasteiger partial charge is 0.241 e. The maximum atomic E-state index is 13.8. The second kappa shape index (κ2) is 11.3. The van der Waals surface area contributed by atoms with E-state index in [2.05, 4.69) is 16.6 Å². The number of hydrogen-bond donors (Lipinski definition) is 1. The number of hydrogen-bond acceptors (Lipinski definition) is 4. The second-order valence-corrected chi connectivity index (χ2v) is 12.2. The predicted octanol–water partition coefficient (Wildman–Crippen LogP) is 5.77. The summed E-state index contributed by atoms with van der Waals surface area (Å²) in [6.45, 7) is 2.36. The molecule has 1 heterocycles. The van der Waals surface area contributed by atoms with Crippen LogP contribution in [0.2, 0.25) is 5.02 Å². The molecule has 202 valence electrons. The molecule has 9 heteroatoms. The lowest BCUT2D eigenvalue weighted by molar-refractivity contribution is -0.119. The summed E-state index contributed by atoms with van der Waals surface area (Å²) >= 11 is 6.04. The molecule has 0 spiro atoms. The molecule has 0 aliphatic heterocycles. The number of halogens is 1. The molecule has 1 aliphatic carbocycles. The molecular weight excluding hydrogens is 532 g/mol. The average Bonchev–Trinajstić information content (AvgIpc) is 3.52. The lowest BCUT2D eigenvalue weighted by Crippen LogP contribution is -2.32. The van der Waals surface area contributed by atoms with Crippen molar-refractivity contribution in [2.24, 2.45) is 7.05 Å². The highest BCUT2D eigenvalue weighted by atomic mass is 35.5. The highest BCUT2D eigenvalue weighted by Gasteiger charge is 2.30. The zero-order chi connectivity index (χ0) is 27.6. The Labute approximate surface area is 234 Å². The standard InChI is InChI=1S/C30H31ClN4O3S/c1-21(22-7-4-3-5-8-22)17-30(36)35(20-29-32-15-16-34(29)2)25-13-11-23-12-14-28(27(23)19-25)33-39(37,38)26-10-6-9-24(31)18-26/h3-11,13,15-16,18-19,21,28,33H,12,14,17,20H2,1-2H3/t21-,28-/m1/s1. The van der Waals surface area contributed by atoms with Crippen LogP contribution in [0.15, 0.2) is 90.1 Å². The molecule has 2 atom stereocenters. The third-order valence-electron chi connectivity index (χ3n) is 7.29. The first-order chi connectivity index (χ1) is 18.7. The SMILES string of the molecule is C[C@H](CC(=O)N(Cc1nccn1C)c1ccc2c(c1)[C@H](NS(=O)(=O)c1cccc(Cl)c1)CC2)c1ccccc1. The number of nitrogens with zero attached hydrogens (tertiary/aromatic N) is 3. The summed E-state index contributed by atoms with van der Waals surface area (Å²) in [5.74, 6) is 0.770. The first kappa shape index (κ1) is 27.1. The van der Waals surface area contributed by atoms with Crippen molar-refractivity contribution in [1.29, 1.82) is 0 Å². The average molecular weight is 563 g/mol. The van der Waals surface area contributed by atoms with Crippen molar-refractivity contribution in [2.75, 3.05) is 4.90 Å². The number of carbonyl (C=O) groups is 1. The third-order valence-corrected chi connectivity index (χ3v) is 9.00. The number of benzene rings is 3. The molecule has 0 unspecified atom stereocenters. The molecule has 7 nitrogen and oxygen atoms in total. The first-order valence-corrected chi connectivity index (χ1v) is 14.8. The molecular formula is C30H31ClN4O3S. The van der Waals surface area contributed by atoms with E-state index in [0.717, 1.165) is 34.6 Å². The van der Waals surface area contributed by atoms with Crippen molar-refractivity contribution in [3.63, 3.8) is 0 Å². The minimum absolute atomic E-state index is 0.0247. The van der Waals surface area contributed by atoms with Gasteiger partial charge in [-0.2, -0.15) is 0 Å². The molecule has 0 saturated heterocycles. The summed E-state index contributed by atoms with van der Waals surface area (Å²) in [6.07, 6.45) is 5.28. The third kappa shape index (κ3) is 6.08. The van der Waals surface area contributed by atoms with E-state index >= 15 is 0 Å². The Morgan fingerprint density at radius 2 is 1.92 bits per heavy atom. The molecule has 0 fully saturated rings. The van der Waals surface area contributed by atoms with E-state index in [4.69, 9.17) is 11.6 Å². The second-order valence-electron chi connectivity index (χ2n) is 10.0. The normalized spacial score (nSPS) is 15.6. The van der Waals surface area contributed by atoms with E-state index in [1.807, 2.05) is 66.3 Å². The van der Waals surface area contributed by atoms with E-state index in [1.54, 1.807) is 23.2 Å². The highest BCUT2D eigenvalue weighted by Crippen LogP contribution is 2.36. The fourth-order valence-corrected chi connectivity index (χ4v) is 6.61. The molecule has 0 radical (unpaired) electrons. The van der Waals surface area contributed by atoms with Crippen LogP contribution in [0.3, 0.4) is 0 Å². The number of amides is 1. The fourth-order valence-electron chi connectivity index (χ4n) is 5.05. The molecule has 0 saturated carbocycles. The van der Waals surface area contributed by atoms with Crippen LogP contribution in [-0.2, 0) is 34.8 Å². The van der Waals surface area contributed by atoms with Gasteiger partial charge < -0.3 is 9.47 Å². The Kier molecular flexibility index (Phi) is 7.88. The summed E-state index contributed by atoms with van der Waals surface area (Å²) in [4.78, 5) is 20.1. The molecule has 3 aromatic carbocycles. The molecule has 39 heavy (non-hydrogen) atoms. The first-order valence-electron chi connectivity index (χ1n) is 12.9. The van der Waals surface area contributed by atoms with E-state index in [9.17, 15) is 13.2 Å². The van der Waals surface area contributed by atoms with Crippen molar-refractivity contribution in [1.82, 2.24) is 14.3 Å². The summed E-state index contributed by atoms with van der Waals surface area (Å²) < 4.78 is 31.0. The highest BCUT2D eigenvalue weighted by molar-refractivity contribution is 7.89. The van der Waals surface area contributed by atoms with Gasteiger partial charge in [0.2, 0.25) is 15.9 Å². The molecule has 1 amide bonds. The van der Waals surface area contributed by atoms with Gasteiger partial charge in [-0.15, -0.1) is 0 Å². The van der Waals surface area contributed by atoms with Gasteiger partial charge in [-0.3, -0.25) is 4.79 Å². The number of rotatable bonds is 9. The summed E-state index contributed by atoms with van der Waals surface area (Å²) in [5, 5.41) is 0.361. The number of aryl methyl sites for hydroxylation is 2. The summed E-state index contributed by atoms with van der Waals surface area (Å²) in [5.41, 5.74) is 3.77. The summed E-state index contributed by atoms with van der Waals surface area (Å²) in [7, 11) is -1.88. The zero-order valence-electron chi connectivity index (χ0n) is 21.9. The van der Waals surface area contributed by atoms with Gasteiger partial charge in [-0.25, -0.2) is 18.1 Å². The quantitative estimate of drug-likeness (QED) is 0.281. The monoisotopic (exact) mass is 562 g/mol. The van der Waals surface area contributed by atoms with E-state index in [-0.39, 0.29) is 16.7 Å². The van der Waals surface area contributed by atoms with E-state index in [0.29, 0.717) is 24.4 Å². The lowest BCUT2D eigenvalue weighted by Gasteiger charge is -2.26. The Morgan fingerprint density at radius 3 is 2.64 bits per heavy atom. The zero-order valence-corrected chi connectivity index (χ0v) is 23.5. The molecule has 1 aromatic heterocycles. The number of aromatic nitrogens is 2. The van der Waals surface area contributed by atoms with Crippen LogP contribution in [-0.4, -0.2) is 23.9 Å². The van der Waals surface area contributed by atoms with Gasteiger partial charge >= 0.3 is 0 Å². The minimum atomic E-state index is -3.78. The summed E-state index contributed by atoms with van der Waals surface area (Å²) in [6, 6.07) is 21.7. The van der Waals surface area contributed by atoms with Gasteiger partial charge in [0.15, 0.2) is 0 Å². The molecule has 1 N–H and O–H groups in total. The number of nitrogens with one attached hydrogen (secondary N) is 1. The number of sulfonamides is 1. The number of fused-ring (bicyclic) bond motifs is 1. The Bertz CT molecular complexity index is 1590.